The molecule has 0 saturated carbocycles. The molecule has 0 amide bonds. The number of phenolic OH excluding ortho intramolecular Hbond substituents is 1. The predicted octanol–water partition coefficient (Wildman–Crippen LogP) is 10.9. The molecule has 0 saturated heterocycles. The van der Waals surface area contributed by atoms with Crippen LogP contribution in [0.5, 0.6) is 5.75 Å². The number of para-hydroxylation sites is 3. The third-order valence-corrected chi connectivity index (χ3v) is 9.86. The summed E-state index contributed by atoms with van der Waals surface area (Å²) in [5.41, 5.74) is 14.2. The van der Waals surface area contributed by atoms with E-state index in [1.54, 1.807) is 6.07 Å². The number of aromatic nitrogens is 3. The number of imidazole rings is 1. The van der Waals surface area contributed by atoms with Crippen molar-refractivity contribution < 1.29 is 26.2 Å². The fourth-order valence-corrected chi connectivity index (χ4v) is 7.49. The maximum atomic E-state index is 11.0. The number of nitrogens with zero attached hydrogens (tertiary/aromatic N) is 3. The molecule has 0 unspecified atom stereocenters. The van der Waals surface area contributed by atoms with Crippen LogP contribution in [0.3, 0.4) is 0 Å². The molecule has 0 bridgehead atoms. The Labute approximate surface area is 306 Å². The molecule has 1 N–H and O–H groups in total. The van der Waals surface area contributed by atoms with Crippen LogP contribution in [0.2, 0.25) is 0 Å². The van der Waals surface area contributed by atoms with Gasteiger partial charge in [-0.15, -0.1) is 23.8 Å². The summed E-state index contributed by atoms with van der Waals surface area (Å²) in [6.45, 7) is 4.59. The average Bonchev–Trinajstić information content (AvgIpc) is 3.65. The second-order valence-corrected chi connectivity index (χ2v) is 13.1. The summed E-state index contributed by atoms with van der Waals surface area (Å²) >= 11 is 0. The molecule has 8 aromatic rings. The van der Waals surface area contributed by atoms with Gasteiger partial charge in [-0.25, -0.2) is 4.98 Å². The van der Waals surface area contributed by atoms with Crippen LogP contribution in [-0.2, 0) is 26.5 Å². The summed E-state index contributed by atoms with van der Waals surface area (Å²) in [7, 11) is 0. The molecule has 0 radical (unpaired) electrons. The first kappa shape index (κ1) is 31.7. The summed E-state index contributed by atoms with van der Waals surface area (Å²) < 4.78 is 2.13. The van der Waals surface area contributed by atoms with E-state index in [0.29, 0.717) is 11.4 Å². The van der Waals surface area contributed by atoms with Gasteiger partial charge < -0.3 is 5.11 Å². The van der Waals surface area contributed by atoms with E-state index in [-0.39, 0.29) is 32.2 Å². The zero-order chi connectivity index (χ0) is 33.1. The average molecular weight is 826 g/mol. The number of rotatable bonds is 5. The van der Waals surface area contributed by atoms with E-state index in [0.717, 1.165) is 50.2 Å². The second kappa shape index (κ2) is 12.4. The van der Waals surface area contributed by atoms with Crippen LogP contribution in [-0.4, -0.2) is 19.6 Å². The number of phenols is 1. The Hall–Kier alpha value is -5.57. The van der Waals surface area contributed by atoms with Gasteiger partial charge in [-0.2, -0.15) is 0 Å². The smallest absolute Gasteiger partial charge is 0.148 e. The predicted molar refractivity (Wildman–Crippen MR) is 199 cm³/mol. The number of hydrogen-bond acceptors (Lipinski definition) is 3. The molecule has 2 aromatic heterocycles. The van der Waals surface area contributed by atoms with E-state index < -0.39 is 0 Å². The molecule has 0 aliphatic heterocycles. The summed E-state index contributed by atoms with van der Waals surface area (Å²) in [4.78, 5) is 10.3. The number of hydrogen-bond donors (Lipinski definition) is 1. The van der Waals surface area contributed by atoms with Gasteiger partial charge in [0.25, 0.3) is 0 Å². The van der Waals surface area contributed by atoms with Gasteiger partial charge in [-0.3, -0.25) is 9.55 Å². The Balaban J connectivity index is 0.00000361. The van der Waals surface area contributed by atoms with Crippen LogP contribution in [0.25, 0.3) is 72.7 Å². The normalized spacial score (nSPS) is 12.7. The van der Waals surface area contributed by atoms with Crippen molar-refractivity contribution in [3.8, 4) is 67.5 Å². The quantitative estimate of drug-likeness (QED) is 0.176. The van der Waals surface area contributed by atoms with Gasteiger partial charge in [0.1, 0.15) is 11.6 Å². The minimum atomic E-state index is -0.140. The summed E-state index contributed by atoms with van der Waals surface area (Å²) in [6.07, 6.45) is 1.94. The topological polar surface area (TPSA) is 50.9 Å². The number of fused-ring (bicyclic) bond motifs is 4. The van der Waals surface area contributed by atoms with Gasteiger partial charge in [0.05, 0.1) is 16.6 Å². The van der Waals surface area contributed by atoms with Gasteiger partial charge in [0, 0.05) is 44.1 Å². The molecule has 0 fully saturated rings. The van der Waals surface area contributed by atoms with Crippen molar-refractivity contribution in [3.05, 3.63) is 169 Å². The van der Waals surface area contributed by atoms with E-state index >= 15 is 0 Å². The molecular formula is C45H32N3OPt-. The van der Waals surface area contributed by atoms with E-state index in [4.69, 9.17) is 9.97 Å². The van der Waals surface area contributed by atoms with Gasteiger partial charge in [-0.05, 0) is 64.2 Å². The molecule has 1 aliphatic carbocycles. The van der Waals surface area contributed by atoms with Crippen LogP contribution < -0.4 is 0 Å². The fourth-order valence-electron chi connectivity index (χ4n) is 7.49. The van der Waals surface area contributed by atoms with Gasteiger partial charge >= 0.3 is 0 Å². The molecule has 9 rings (SSSR count). The fraction of sp³-hybridized carbons (Fsp3) is 0.0667. The van der Waals surface area contributed by atoms with Crippen molar-refractivity contribution in [2.24, 2.45) is 0 Å². The third-order valence-electron chi connectivity index (χ3n) is 9.86. The zero-order valence-corrected chi connectivity index (χ0v) is 29.8. The Morgan fingerprint density at radius 2 is 1.28 bits per heavy atom. The summed E-state index contributed by atoms with van der Waals surface area (Å²) in [6, 6.07) is 53.4. The first-order valence-corrected chi connectivity index (χ1v) is 16.6. The monoisotopic (exact) mass is 825 g/mol. The molecule has 1 aliphatic rings. The van der Waals surface area contributed by atoms with Crippen molar-refractivity contribution in [1.82, 2.24) is 14.5 Å². The molecule has 5 heteroatoms. The molecule has 0 spiro atoms. The van der Waals surface area contributed by atoms with E-state index in [2.05, 4.69) is 122 Å². The Bertz CT molecular complexity index is 2540. The van der Waals surface area contributed by atoms with E-state index in [1.807, 2.05) is 48.7 Å². The van der Waals surface area contributed by atoms with Crippen LogP contribution in [0.1, 0.15) is 25.0 Å². The Kier molecular flexibility index (Phi) is 7.85. The Morgan fingerprint density at radius 3 is 2.06 bits per heavy atom. The molecular weight excluding hydrogens is 794 g/mol. The van der Waals surface area contributed by atoms with Crippen molar-refractivity contribution in [2.75, 3.05) is 0 Å². The first-order chi connectivity index (χ1) is 24.0. The first-order valence-electron chi connectivity index (χ1n) is 16.6. The van der Waals surface area contributed by atoms with Crippen LogP contribution in [0.15, 0.2) is 152 Å². The maximum absolute atomic E-state index is 11.0. The van der Waals surface area contributed by atoms with Gasteiger partial charge in [0.2, 0.25) is 0 Å². The van der Waals surface area contributed by atoms with Crippen LogP contribution >= 0.6 is 0 Å². The number of aromatic hydroxyl groups is 1. The third kappa shape index (κ3) is 5.02. The van der Waals surface area contributed by atoms with Crippen LogP contribution in [0, 0.1) is 6.07 Å². The molecule has 244 valence electrons. The Morgan fingerprint density at radius 1 is 0.620 bits per heavy atom. The van der Waals surface area contributed by atoms with Crippen molar-refractivity contribution in [1.29, 1.82) is 0 Å². The van der Waals surface area contributed by atoms with Crippen LogP contribution in [0.4, 0.5) is 0 Å². The minimum Gasteiger partial charge on any atom is -0.507 e. The summed E-state index contributed by atoms with van der Waals surface area (Å²) in [5, 5.41) is 11.0. The van der Waals surface area contributed by atoms with E-state index in [1.165, 1.54) is 22.3 Å². The molecule has 6 aromatic carbocycles. The largest absolute Gasteiger partial charge is 0.507 e. The van der Waals surface area contributed by atoms with Gasteiger partial charge in [-0.1, -0.05) is 128 Å². The zero-order valence-electron chi connectivity index (χ0n) is 27.5. The molecule has 0 atom stereocenters. The SMILES string of the molecule is CC1(C)c2ccccc2-c2c1ccnc2-c1[c-]c(-c2cccc3c2nc(-c2ccccc2O)n3-c2ccccc2)cc(-c2ccccc2)c1.[Pt]. The molecule has 50 heavy (non-hydrogen) atoms. The van der Waals surface area contributed by atoms with E-state index in [9.17, 15) is 5.11 Å². The van der Waals surface area contributed by atoms with Crippen molar-refractivity contribution in [2.45, 2.75) is 19.3 Å². The second-order valence-electron chi connectivity index (χ2n) is 13.1. The number of pyridine rings is 1. The minimum absolute atomic E-state index is 0. The standard InChI is InChI=1S/C45H32N3O.Pt/c1-45(2)37-21-11-9-18-35(37)41-38(45)24-25-46-42(41)32-27-30(29-14-5-3-6-15-29)26-31(28-32)34-20-13-22-39-43(34)47-44(36-19-10-12-23-40(36)49)48(39)33-16-7-4-8-17-33;/h3-27,49H,1-2H3;/q-1;. The molecule has 4 nitrogen and oxygen atoms in total. The van der Waals surface area contributed by atoms with Gasteiger partial charge in [0.15, 0.2) is 0 Å². The number of benzene rings is 6. The summed E-state index contributed by atoms with van der Waals surface area (Å²) in [5.74, 6) is 0.858. The molecule has 2 heterocycles. The maximum Gasteiger partial charge on any atom is 0.148 e. The van der Waals surface area contributed by atoms with Crippen molar-refractivity contribution >= 4 is 11.0 Å². The van der Waals surface area contributed by atoms with Crippen molar-refractivity contribution in [3.63, 3.8) is 0 Å².